The molecule has 3 N–H and O–H groups in total. The van der Waals surface area contributed by atoms with Crippen molar-refractivity contribution >= 4 is 5.97 Å². The summed E-state index contributed by atoms with van der Waals surface area (Å²) in [6, 6.07) is 13.1. The van der Waals surface area contributed by atoms with Crippen molar-refractivity contribution < 1.29 is 58.0 Å². The summed E-state index contributed by atoms with van der Waals surface area (Å²) in [6.07, 6.45) is -5.18. The minimum atomic E-state index is -1.10. The van der Waals surface area contributed by atoms with Crippen LogP contribution in [0.3, 0.4) is 0 Å². The highest BCUT2D eigenvalue weighted by atomic mass is 16.7. The van der Waals surface area contributed by atoms with E-state index in [4.69, 9.17) is 37.9 Å². The summed E-state index contributed by atoms with van der Waals surface area (Å²) < 4.78 is 51.5. The number of ether oxygens (including phenoxy) is 8. The van der Waals surface area contributed by atoms with Gasteiger partial charge >= 0.3 is 5.97 Å². The van der Waals surface area contributed by atoms with Gasteiger partial charge in [-0.15, -0.1) is 0 Å². The number of nitrogens with zero attached hydrogens (tertiary/aromatic N) is 3. The van der Waals surface area contributed by atoms with Crippen LogP contribution in [0.2, 0.25) is 0 Å². The molecule has 1 aromatic heterocycles. The molecule has 63 heavy (non-hydrogen) atoms. The lowest BCUT2D eigenvalue weighted by atomic mass is 9.75. The Balaban J connectivity index is 1.54. The van der Waals surface area contributed by atoms with E-state index in [1.54, 1.807) is 34.3 Å². The van der Waals surface area contributed by atoms with Crippen molar-refractivity contribution in [1.29, 1.82) is 0 Å². The molecular formula is C48H77N3O12. The van der Waals surface area contributed by atoms with E-state index in [0.29, 0.717) is 31.7 Å². The van der Waals surface area contributed by atoms with E-state index in [1.807, 2.05) is 115 Å². The number of esters is 1. The molecule has 17 atom stereocenters. The molecule has 5 rings (SSSR count). The van der Waals surface area contributed by atoms with Crippen LogP contribution in [0.4, 0.5) is 0 Å². The Bertz CT molecular complexity index is 1710. The number of carbonyl (C=O) groups is 1. The van der Waals surface area contributed by atoms with Gasteiger partial charge in [0.2, 0.25) is 0 Å². The predicted octanol–water partition coefficient (Wildman–Crippen LogP) is 4.78. The topological polar surface area (TPSA) is 171 Å². The van der Waals surface area contributed by atoms with Crippen molar-refractivity contribution in [3.8, 4) is 17.0 Å². The van der Waals surface area contributed by atoms with Crippen LogP contribution in [-0.2, 0) is 38.0 Å². The van der Waals surface area contributed by atoms with Crippen molar-refractivity contribution in [1.82, 2.24) is 14.8 Å². The summed E-state index contributed by atoms with van der Waals surface area (Å²) in [7, 11) is 8.93. The Labute approximate surface area is 375 Å². The summed E-state index contributed by atoms with van der Waals surface area (Å²) >= 11 is 0. The van der Waals surface area contributed by atoms with Gasteiger partial charge in [-0.25, -0.2) is 0 Å². The number of cyclic esters (lactones) is 1. The molecule has 2 aromatic rings. The molecular weight excluding hydrogens is 811 g/mol. The monoisotopic (exact) mass is 888 g/mol. The molecule has 3 aliphatic rings. The molecule has 3 aliphatic heterocycles. The Hall–Kier alpha value is -2.80. The molecule has 0 radical (unpaired) electrons. The van der Waals surface area contributed by atoms with Gasteiger partial charge in [-0.2, -0.15) is 0 Å². The van der Waals surface area contributed by atoms with Crippen LogP contribution >= 0.6 is 0 Å². The zero-order chi connectivity index (χ0) is 46.4. The first kappa shape index (κ1) is 51.2. The van der Waals surface area contributed by atoms with Crippen LogP contribution < -0.4 is 4.74 Å². The molecule has 3 fully saturated rings. The van der Waals surface area contributed by atoms with Crippen LogP contribution in [0.5, 0.6) is 5.75 Å². The molecule has 1 aromatic carbocycles. The molecule has 0 saturated carbocycles. The van der Waals surface area contributed by atoms with E-state index >= 15 is 0 Å². The van der Waals surface area contributed by atoms with Crippen LogP contribution in [0.1, 0.15) is 74.7 Å². The lowest BCUT2D eigenvalue weighted by Gasteiger charge is -2.49. The zero-order valence-electron chi connectivity index (χ0n) is 39.9. The van der Waals surface area contributed by atoms with E-state index < -0.39 is 84.3 Å². The first-order valence-electron chi connectivity index (χ1n) is 22.7. The Morgan fingerprint density at radius 1 is 0.857 bits per heavy atom. The maximum atomic E-state index is 14.7. The number of rotatable bonds is 11. The zero-order valence-corrected chi connectivity index (χ0v) is 39.9. The minimum Gasteiger partial charge on any atom is -0.490 e. The smallest absolute Gasteiger partial charge is 0.311 e. The molecule has 4 heterocycles. The standard InChI is InChI=1S/C48H77N3O12/c1-28-23-48(8,57-13)44(63-46-41(53)38(50(9)10)22-30(3)59-46)31(4)42(62-39-24-47(7,56-12)43(54)33(6)60-39)32(5)45(55)61-36(26-51(11)25-29(2)40(28)52)27-58-35-19-17-34(18-20-35)37-16-14-15-21-49-37/h14-21,28-33,36,38-44,46,52-54H,22-27H2,1-13H3/t28-,29-,30-,31+,32-,33+,36-,38+,39+,40+,41-,42+,43+,44-,46+,47-,48-/m1/s1. The molecule has 0 aliphatic carbocycles. The lowest BCUT2D eigenvalue weighted by Crippen LogP contribution is -2.61. The van der Waals surface area contributed by atoms with Crippen molar-refractivity contribution in [2.75, 3.05) is 55.1 Å². The molecule has 0 amide bonds. The normalized spacial score (nSPS) is 40.5. The van der Waals surface area contributed by atoms with Gasteiger partial charge in [0.15, 0.2) is 12.6 Å². The third kappa shape index (κ3) is 12.6. The predicted molar refractivity (Wildman–Crippen MR) is 238 cm³/mol. The van der Waals surface area contributed by atoms with E-state index in [9.17, 15) is 20.1 Å². The minimum absolute atomic E-state index is 0.0586. The third-order valence-electron chi connectivity index (χ3n) is 13.8. The second-order valence-corrected chi connectivity index (χ2v) is 19.3. The first-order valence-corrected chi connectivity index (χ1v) is 22.7. The molecule has 0 unspecified atom stereocenters. The van der Waals surface area contributed by atoms with Crippen molar-refractivity contribution in [3.05, 3.63) is 48.7 Å². The molecule has 0 spiro atoms. The van der Waals surface area contributed by atoms with Gasteiger partial charge in [0, 0.05) is 57.4 Å². The van der Waals surface area contributed by atoms with Gasteiger partial charge in [-0.1, -0.05) is 26.8 Å². The maximum absolute atomic E-state index is 14.7. The third-order valence-corrected chi connectivity index (χ3v) is 13.8. The molecule has 15 nitrogen and oxygen atoms in total. The number of aliphatic hydroxyl groups excluding tert-OH is 3. The maximum Gasteiger partial charge on any atom is 0.311 e. The molecule has 356 valence electrons. The van der Waals surface area contributed by atoms with E-state index in [2.05, 4.69) is 4.98 Å². The number of methoxy groups -OCH3 is 2. The van der Waals surface area contributed by atoms with Crippen LogP contribution in [0.15, 0.2) is 48.7 Å². The van der Waals surface area contributed by atoms with E-state index in [0.717, 1.165) is 11.3 Å². The van der Waals surface area contributed by atoms with Crippen molar-refractivity contribution in [2.24, 2.45) is 23.7 Å². The number of likely N-dealkylation sites (N-methyl/N-ethyl adjacent to an activating group) is 2. The summed E-state index contributed by atoms with van der Waals surface area (Å²) in [4.78, 5) is 23.2. The number of pyridine rings is 1. The highest BCUT2D eigenvalue weighted by Gasteiger charge is 2.52. The van der Waals surface area contributed by atoms with Crippen LogP contribution in [0, 0.1) is 23.7 Å². The summed E-state index contributed by atoms with van der Waals surface area (Å²) in [5, 5.41) is 34.8. The number of benzene rings is 1. The largest absolute Gasteiger partial charge is 0.490 e. The number of aromatic nitrogens is 1. The number of carbonyl (C=O) groups excluding carboxylic acids is 1. The molecule has 3 saturated heterocycles. The summed E-state index contributed by atoms with van der Waals surface area (Å²) in [5.74, 6) is -1.93. The van der Waals surface area contributed by atoms with Crippen LogP contribution in [-0.4, -0.2) is 170 Å². The van der Waals surface area contributed by atoms with Gasteiger partial charge in [-0.3, -0.25) is 9.78 Å². The average molecular weight is 888 g/mol. The fourth-order valence-corrected chi connectivity index (χ4v) is 9.89. The molecule has 0 bridgehead atoms. The van der Waals surface area contributed by atoms with E-state index in [-0.39, 0.29) is 37.0 Å². The highest BCUT2D eigenvalue weighted by molar-refractivity contribution is 5.73. The van der Waals surface area contributed by atoms with Gasteiger partial charge in [-0.05, 0) is 117 Å². The summed E-state index contributed by atoms with van der Waals surface area (Å²) in [5.41, 5.74) is -0.321. The fraction of sp³-hybridized carbons (Fsp3) is 0.750. The summed E-state index contributed by atoms with van der Waals surface area (Å²) in [6.45, 7) is 16.1. The highest BCUT2D eigenvalue weighted by Crippen LogP contribution is 2.41. The number of hydrogen-bond donors (Lipinski definition) is 3. The first-order chi connectivity index (χ1) is 29.7. The van der Waals surface area contributed by atoms with Gasteiger partial charge < -0.3 is 63.0 Å². The number of aliphatic hydroxyl groups is 3. The van der Waals surface area contributed by atoms with Gasteiger partial charge in [0.05, 0.1) is 53.3 Å². The van der Waals surface area contributed by atoms with Crippen LogP contribution in [0.25, 0.3) is 11.3 Å². The average Bonchev–Trinajstić information content (AvgIpc) is 3.25. The van der Waals surface area contributed by atoms with Crippen molar-refractivity contribution in [3.63, 3.8) is 0 Å². The second-order valence-electron chi connectivity index (χ2n) is 19.3. The fourth-order valence-electron chi connectivity index (χ4n) is 9.89. The van der Waals surface area contributed by atoms with Gasteiger partial charge in [0.1, 0.15) is 30.7 Å². The second kappa shape index (κ2) is 22.1. The molecule has 15 heteroatoms. The van der Waals surface area contributed by atoms with E-state index in [1.165, 1.54) is 0 Å². The Morgan fingerprint density at radius 2 is 1.54 bits per heavy atom. The van der Waals surface area contributed by atoms with Gasteiger partial charge in [0.25, 0.3) is 0 Å². The Kier molecular flexibility index (Phi) is 18.0. The Morgan fingerprint density at radius 3 is 2.16 bits per heavy atom. The SMILES string of the molecule is CO[C@]1(C)C[C@@H](C)[C@H](O)[C@H](C)CN(C)C[C@H](COc2ccc(-c3ccccn3)cc2)OC(=O)[C@H](C)[C@@H](O[C@H]2C[C@@](C)(OC)[C@@H](O)[C@H](C)O2)[C@H](C)[C@H]1O[C@@H]1O[C@H](C)C[C@H](N(C)C)[C@H]1O. The number of hydrogen-bond acceptors (Lipinski definition) is 15. The van der Waals surface area contributed by atoms with Crippen molar-refractivity contribution in [2.45, 2.75) is 153 Å². The lowest BCUT2D eigenvalue weighted by molar-refractivity contribution is -0.319. The quantitative estimate of drug-likeness (QED) is 0.263.